The zero-order valence-electron chi connectivity index (χ0n) is 11.2. The number of rotatable bonds is 8. The van der Waals surface area contributed by atoms with Gasteiger partial charge in [0.05, 0.1) is 0 Å². The topological polar surface area (TPSA) is 67.2 Å². The molecular weight excluding hydrogens is 230 g/mol. The van der Waals surface area contributed by atoms with Crippen molar-refractivity contribution >= 4 is 5.82 Å². The van der Waals surface area contributed by atoms with E-state index in [2.05, 4.69) is 10.3 Å². The molecule has 1 unspecified atom stereocenters. The standard InChI is InChI=1S/C13H23N3O2/c1-3-8-16-9-7-15-12(13(16)18)14-6-4-5-11(2)10-17/h7,9,11,17H,3-6,8,10H2,1-2H3,(H,14,15). The van der Waals surface area contributed by atoms with E-state index in [-0.39, 0.29) is 12.2 Å². The van der Waals surface area contributed by atoms with Crippen LogP contribution in [0.3, 0.4) is 0 Å². The van der Waals surface area contributed by atoms with Crippen LogP contribution in [-0.4, -0.2) is 27.8 Å². The lowest BCUT2D eigenvalue weighted by molar-refractivity contribution is 0.229. The number of hydrogen-bond donors (Lipinski definition) is 2. The highest BCUT2D eigenvalue weighted by atomic mass is 16.3. The Hall–Kier alpha value is -1.36. The molecule has 0 aliphatic heterocycles. The lowest BCUT2D eigenvalue weighted by atomic mass is 10.1. The summed E-state index contributed by atoms with van der Waals surface area (Å²) in [6.07, 6.45) is 6.16. The van der Waals surface area contributed by atoms with Gasteiger partial charge in [0.1, 0.15) is 0 Å². The average molecular weight is 253 g/mol. The molecule has 0 bridgehead atoms. The van der Waals surface area contributed by atoms with Crippen LogP contribution in [0.2, 0.25) is 0 Å². The van der Waals surface area contributed by atoms with E-state index in [0.717, 1.165) is 25.8 Å². The van der Waals surface area contributed by atoms with E-state index in [1.165, 1.54) is 0 Å². The van der Waals surface area contributed by atoms with Gasteiger partial charge in [0, 0.05) is 32.1 Å². The Morgan fingerprint density at radius 2 is 2.33 bits per heavy atom. The van der Waals surface area contributed by atoms with Crippen LogP contribution in [0.1, 0.15) is 33.1 Å². The van der Waals surface area contributed by atoms with Gasteiger partial charge in [-0.1, -0.05) is 13.8 Å². The molecule has 0 amide bonds. The van der Waals surface area contributed by atoms with Gasteiger partial charge in [-0.2, -0.15) is 0 Å². The molecular formula is C13H23N3O2. The Morgan fingerprint density at radius 1 is 1.56 bits per heavy atom. The first-order valence-electron chi connectivity index (χ1n) is 6.59. The monoisotopic (exact) mass is 253 g/mol. The van der Waals surface area contributed by atoms with E-state index in [0.29, 0.717) is 18.3 Å². The number of nitrogens with one attached hydrogen (secondary N) is 1. The molecule has 0 fully saturated rings. The lowest BCUT2D eigenvalue weighted by Gasteiger charge is -2.09. The third-order valence-electron chi connectivity index (χ3n) is 2.86. The highest BCUT2D eigenvalue weighted by Gasteiger charge is 2.04. The fraction of sp³-hybridized carbons (Fsp3) is 0.692. The zero-order valence-corrected chi connectivity index (χ0v) is 11.2. The van der Waals surface area contributed by atoms with Crippen LogP contribution in [0.15, 0.2) is 17.2 Å². The number of aliphatic hydroxyl groups excluding tert-OH is 1. The van der Waals surface area contributed by atoms with Crippen LogP contribution < -0.4 is 10.9 Å². The molecule has 0 saturated heterocycles. The Kier molecular flexibility index (Phi) is 6.43. The highest BCUT2D eigenvalue weighted by Crippen LogP contribution is 2.04. The minimum Gasteiger partial charge on any atom is -0.396 e. The van der Waals surface area contributed by atoms with Gasteiger partial charge in [-0.25, -0.2) is 4.98 Å². The van der Waals surface area contributed by atoms with Crippen molar-refractivity contribution in [3.05, 3.63) is 22.7 Å². The summed E-state index contributed by atoms with van der Waals surface area (Å²) < 4.78 is 1.67. The molecule has 5 heteroatoms. The number of hydrogen-bond acceptors (Lipinski definition) is 4. The van der Waals surface area contributed by atoms with Crippen LogP contribution in [0, 0.1) is 5.92 Å². The van der Waals surface area contributed by atoms with Crippen molar-refractivity contribution < 1.29 is 5.11 Å². The zero-order chi connectivity index (χ0) is 13.4. The van der Waals surface area contributed by atoms with E-state index in [1.807, 2.05) is 13.8 Å². The van der Waals surface area contributed by atoms with Crippen molar-refractivity contribution in [1.29, 1.82) is 0 Å². The number of aromatic nitrogens is 2. The maximum absolute atomic E-state index is 11.9. The molecule has 1 heterocycles. The van der Waals surface area contributed by atoms with Gasteiger partial charge in [-0.15, -0.1) is 0 Å². The van der Waals surface area contributed by atoms with E-state index >= 15 is 0 Å². The smallest absolute Gasteiger partial charge is 0.293 e. The van der Waals surface area contributed by atoms with Crippen molar-refractivity contribution in [1.82, 2.24) is 9.55 Å². The summed E-state index contributed by atoms with van der Waals surface area (Å²) in [6, 6.07) is 0. The summed E-state index contributed by atoms with van der Waals surface area (Å²) in [5, 5.41) is 12.0. The van der Waals surface area contributed by atoms with Crippen molar-refractivity contribution in [2.75, 3.05) is 18.5 Å². The molecule has 0 aliphatic carbocycles. The number of nitrogens with zero attached hydrogens (tertiary/aromatic N) is 2. The molecule has 1 rings (SSSR count). The second-order valence-electron chi connectivity index (χ2n) is 4.63. The predicted molar refractivity (Wildman–Crippen MR) is 72.8 cm³/mol. The predicted octanol–water partition coefficient (Wildman–Crippen LogP) is 1.47. The molecule has 1 aromatic rings. The SMILES string of the molecule is CCCn1ccnc(NCCCC(C)CO)c1=O. The first-order valence-corrected chi connectivity index (χ1v) is 6.59. The third-order valence-corrected chi connectivity index (χ3v) is 2.86. The molecule has 0 aliphatic rings. The van der Waals surface area contributed by atoms with Gasteiger partial charge in [0.15, 0.2) is 5.82 Å². The van der Waals surface area contributed by atoms with Gasteiger partial charge < -0.3 is 15.0 Å². The molecule has 0 aromatic carbocycles. The summed E-state index contributed by atoms with van der Waals surface area (Å²) in [5.74, 6) is 0.731. The molecule has 1 atom stereocenters. The Labute approximate surface area is 108 Å². The molecule has 0 spiro atoms. The summed E-state index contributed by atoms with van der Waals surface area (Å²) in [7, 11) is 0. The quantitative estimate of drug-likeness (QED) is 0.689. The van der Waals surface area contributed by atoms with E-state index in [4.69, 9.17) is 5.11 Å². The van der Waals surface area contributed by atoms with Crippen molar-refractivity contribution in [2.45, 2.75) is 39.7 Å². The highest BCUT2D eigenvalue weighted by molar-refractivity contribution is 5.30. The number of anilines is 1. The minimum absolute atomic E-state index is 0.0606. The molecule has 0 radical (unpaired) electrons. The van der Waals surface area contributed by atoms with Crippen LogP contribution in [0.25, 0.3) is 0 Å². The van der Waals surface area contributed by atoms with Crippen molar-refractivity contribution in [3.63, 3.8) is 0 Å². The summed E-state index contributed by atoms with van der Waals surface area (Å²) in [6.45, 7) is 5.69. The summed E-state index contributed by atoms with van der Waals surface area (Å²) in [4.78, 5) is 16.0. The maximum atomic E-state index is 11.9. The summed E-state index contributed by atoms with van der Waals surface area (Å²) in [5.41, 5.74) is -0.0606. The fourth-order valence-corrected chi connectivity index (χ4v) is 1.73. The largest absolute Gasteiger partial charge is 0.396 e. The normalized spacial score (nSPS) is 12.4. The van der Waals surface area contributed by atoms with Gasteiger partial charge in [0.2, 0.25) is 0 Å². The van der Waals surface area contributed by atoms with Crippen LogP contribution in [0.4, 0.5) is 5.82 Å². The average Bonchev–Trinajstić information content (AvgIpc) is 2.38. The maximum Gasteiger partial charge on any atom is 0.293 e. The van der Waals surface area contributed by atoms with Crippen molar-refractivity contribution in [2.24, 2.45) is 5.92 Å². The number of aliphatic hydroxyl groups is 1. The van der Waals surface area contributed by atoms with Gasteiger partial charge in [-0.05, 0) is 25.2 Å². The van der Waals surface area contributed by atoms with Crippen LogP contribution in [-0.2, 0) is 6.54 Å². The van der Waals surface area contributed by atoms with E-state index in [1.54, 1.807) is 17.0 Å². The Balaban J connectivity index is 2.47. The van der Waals surface area contributed by atoms with Gasteiger partial charge in [-0.3, -0.25) is 4.79 Å². The van der Waals surface area contributed by atoms with Crippen LogP contribution in [0.5, 0.6) is 0 Å². The summed E-state index contributed by atoms with van der Waals surface area (Å²) >= 11 is 0. The molecule has 2 N–H and O–H groups in total. The molecule has 18 heavy (non-hydrogen) atoms. The minimum atomic E-state index is -0.0606. The second-order valence-corrected chi connectivity index (χ2v) is 4.63. The second kappa shape index (κ2) is 7.87. The van der Waals surface area contributed by atoms with Gasteiger partial charge in [0.25, 0.3) is 5.56 Å². The van der Waals surface area contributed by atoms with E-state index in [9.17, 15) is 4.79 Å². The molecule has 5 nitrogen and oxygen atoms in total. The number of aryl methyl sites for hydroxylation is 1. The third kappa shape index (κ3) is 4.49. The van der Waals surface area contributed by atoms with Crippen molar-refractivity contribution in [3.8, 4) is 0 Å². The Morgan fingerprint density at radius 3 is 3.00 bits per heavy atom. The lowest BCUT2D eigenvalue weighted by Crippen LogP contribution is -2.24. The van der Waals surface area contributed by atoms with Gasteiger partial charge >= 0.3 is 0 Å². The molecule has 0 saturated carbocycles. The first-order chi connectivity index (χ1) is 8.69. The van der Waals surface area contributed by atoms with E-state index < -0.39 is 0 Å². The molecule has 102 valence electrons. The molecule has 1 aromatic heterocycles. The fourth-order valence-electron chi connectivity index (χ4n) is 1.73. The van der Waals surface area contributed by atoms with Crippen LogP contribution >= 0.6 is 0 Å². The first kappa shape index (κ1) is 14.7. The Bertz CT molecular complexity index is 403.